The van der Waals surface area contributed by atoms with Gasteiger partial charge in [0, 0.05) is 44.4 Å². The molecule has 0 amide bonds. The van der Waals surface area contributed by atoms with Gasteiger partial charge in [0.2, 0.25) is 0 Å². The molecule has 1 rings (SSSR count). The Bertz CT molecular complexity index is 509. The molecule has 1 aromatic carbocycles. The number of nitrogens with one attached hydrogen (secondary N) is 2. The van der Waals surface area contributed by atoms with E-state index < -0.39 is 0 Å². The molecular weight excluding hydrogens is 419 g/mol. The van der Waals surface area contributed by atoms with Crippen LogP contribution in [0.4, 0.5) is 0 Å². The first-order chi connectivity index (χ1) is 11.0. The van der Waals surface area contributed by atoms with Gasteiger partial charge in [0.05, 0.1) is 14.2 Å². The average Bonchev–Trinajstić information content (AvgIpc) is 2.57. The van der Waals surface area contributed by atoms with E-state index in [0.29, 0.717) is 12.6 Å². The second-order valence-electron chi connectivity index (χ2n) is 5.60. The van der Waals surface area contributed by atoms with Crippen molar-refractivity contribution in [3.05, 3.63) is 23.8 Å². The van der Waals surface area contributed by atoms with Crippen LogP contribution in [0.5, 0.6) is 11.5 Å². The van der Waals surface area contributed by atoms with Crippen molar-refractivity contribution in [3.8, 4) is 11.5 Å². The fourth-order valence-corrected chi connectivity index (χ4v) is 2.01. The van der Waals surface area contributed by atoms with Gasteiger partial charge in [-0.1, -0.05) is 0 Å². The van der Waals surface area contributed by atoms with Gasteiger partial charge in [-0.25, -0.2) is 0 Å². The number of halogens is 1. The summed E-state index contributed by atoms with van der Waals surface area (Å²) in [5.74, 6) is 2.36. The summed E-state index contributed by atoms with van der Waals surface area (Å²) >= 11 is 0. The summed E-state index contributed by atoms with van der Waals surface area (Å²) in [6.07, 6.45) is 0. The Hall–Kier alpha value is -1.22. The van der Waals surface area contributed by atoms with Gasteiger partial charge in [-0.15, -0.1) is 24.0 Å². The minimum atomic E-state index is 0. The number of methoxy groups -OCH3 is 2. The highest BCUT2D eigenvalue weighted by Gasteiger charge is 2.07. The van der Waals surface area contributed by atoms with Crippen molar-refractivity contribution < 1.29 is 9.47 Å². The first kappa shape index (κ1) is 22.8. The standard InChI is InChI=1S/C17H30N4O2.HI/c1-13(2)21(4)10-9-19-17(18-3)20-12-14-7-8-15(22-5)11-16(14)23-6;/h7-8,11,13H,9-10,12H2,1-6H3,(H2,18,19,20);1H. The second kappa shape index (κ2) is 12.2. The number of guanidine groups is 1. The molecule has 7 heteroatoms. The molecule has 0 aromatic heterocycles. The number of nitrogens with zero attached hydrogens (tertiary/aromatic N) is 2. The summed E-state index contributed by atoms with van der Waals surface area (Å²) in [5.41, 5.74) is 1.05. The van der Waals surface area contributed by atoms with Gasteiger partial charge < -0.3 is 25.0 Å². The van der Waals surface area contributed by atoms with Gasteiger partial charge in [-0.05, 0) is 33.0 Å². The summed E-state index contributed by atoms with van der Waals surface area (Å²) in [5, 5.41) is 6.62. The molecule has 0 saturated heterocycles. The maximum absolute atomic E-state index is 5.41. The van der Waals surface area contributed by atoms with E-state index in [1.54, 1.807) is 21.3 Å². The third kappa shape index (κ3) is 7.57. The summed E-state index contributed by atoms with van der Waals surface area (Å²) in [6.45, 7) is 6.80. The van der Waals surface area contributed by atoms with Crippen molar-refractivity contribution in [1.29, 1.82) is 0 Å². The SMILES string of the molecule is CN=C(NCCN(C)C(C)C)NCc1ccc(OC)cc1OC.I. The minimum absolute atomic E-state index is 0. The van der Waals surface area contributed by atoms with Crippen LogP contribution in [0.1, 0.15) is 19.4 Å². The van der Waals surface area contributed by atoms with E-state index in [2.05, 4.69) is 41.4 Å². The fraction of sp³-hybridized carbons (Fsp3) is 0.588. The van der Waals surface area contributed by atoms with Crippen molar-refractivity contribution in [2.24, 2.45) is 4.99 Å². The first-order valence-corrected chi connectivity index (χ1v) is 7.87. The van der Waals surface area contributed by atoms with Gasteiger partial charge in [0.25, 0.3) is 0 Å². The molecule has 0 radical (unpaired) electrons. The van der Waals surface area contributed by atoms with Crippen LogP contribution in [0.3, 0.4) is 0 Å². The van der Waals surface area contributed by atoms with E-state index in [4.69, 9.17) is 9.47 Å². The molecule has 2 N–H and O–H groups in total. The van der Waals surface area contributed by atoms with Crippen molar-refractivity contribution in [1.82, 2.24) is 15.5 Å². The largest absolute Gasteiger partial charge is 0.497 e. The Kier molecular flexibility index (Phi) is 11.6. The third-order valence-electron chi connectivity index (χ3n) is 3.80. The quantitative estimate of drug-likeness (QED) is 0.362. The monoisotopic (exact) mass is 450 g/mol. The molecule has 1 aromatic rings. The molecule has 6 nitrogen and oxygen atoms in total. The third-order valence-corrected chi connectivity index (χ3v) is 3.80. The fourth-order valence-electron chi connectivity index (χ4n) is 2.01. The van der Waals surface area contributed by atoms with Gasteiger partial charge >= 0.3 is 0 Å². The van der Waals surface area contributed by atoms with Crippen LogP contribution in [-0.4, -0.2) is 58.3 Å². The Morgan fingerprint density at radius 3 is 2.46 bits per heavy atom. The molecular formula is C17H31IN4O2. The second-order valence-corrected chi connectivity index (χ2v) is 5.60. The molecule has 0 saturated carbocycles. The van der Waals surface area contributed by atoms with Crippen molar-refractivity contribution in [3.63, 3.8) is 0 Å². The highest BCUT2D eigenvalue weighted by molar-refractivity contribution is 14.0. The topological polar surface area (TPSA) is 58.1 Å². The number of aliphatic imine (C=N–C) groups is 1. The van der Waals surface area contributed by atoms with Crippen molar-refractivity contribution >= 4 is 29.9 Å². The van der Waals surface area contributed by atoms with Gasteiger partial charge in [0.15, 0.2) is 5.96 Å². The highest BCUT2D eigenvalue weighted by atomic mass is 127. The molecule has 0 aliphatic rings. The lowest BCUT2D eigenvalue weighted by molar-refractivity contribution is 0.278. The zero-order chi connectivity index (χ0) is 17.2. The summed E-state index contributed by atoms with van der Waals surface area (Å²) in [7, 11) is 7.19. The van der Waals surface area contributed by atoms with Crippen LogP contribution in [0, 0.1) is 0 Å². The molecule has 138 valence electrons. The first-order valence-electron chi connectivity index (χ1n) is 7.87. The van der Waals surface area contributed by atoms with Crippen LogP contribution in [0.2, 0.25) is 0 Å². The predicted octanol–water partition coefficient (Wildman–Crippen LogP) is 2.33. The maximum atomic E-state index is 5.41. The average molecular weight is 450 g/mol. The Morgan fingerprint density at radius 1 is 1.21 bits per heavy atom. The molecule has 0 heterocycles. The summed E-state index contributed by atoms with van der Waals surface area (Å²) < 4.78 is 10.6. The molecule has 0 aliphatic carbocycles. The van der Waals surface area contributed by atoms with E-state index in [1.807, 2.05) is 18.2 Å². The van der Waals surface area contributed by atoms with Gasteiger partial charge in [-0.2, -0.15) is 0 Å². The molecule has 0 bridgehead atoms. The minimum Gasteiger partial charge on any atom is -0.497 e. The van der Waals surface area contributed by atoms with Crippen LogP contribution in [0.25, 0.3) is 0 Å². The Balaban J connectivity index is 0.00000529. The summed E-state index contributed by atoms with van der Waals surface area (Å²) in [4.78, 5) is 6.53. The van der Waals surface area contributed by atoms with Crippen molar-refractivity contribution in [2.75, 3.05) is 41.4 Å². The van der Waals surface area contributed by atoms with Crippen LogP contribution >= 0.6 is 24.0 Å². The number of ether oxygens (including phenoxy) is 2. The zero-order valence-corrected chi connectivity index (χ0v) is 17.9. The lowest BCUT2D eigenvalue weighted by Crippen LogP contribution is -2.41. The van der Waals surface area contributed by atoms with E-state index in [1.165, 1.54) is 0 Å². The lowest BCUT2D eigenvalue weighted by Gasteiger charge is -2.21. The lowest BCUT2D eigenvalue weighted by atomic mass is 10.2. The Morgan fingerprint density at radius 2 is 1.92 bits per heavy atom. The highest BCUT2D eigenvalue weighted by Crippen LogP contribution is 2.24. The predicted molar refractivity (Wildman–Crippen MR) is 111 cm³/mol. The molecule has 0 fully saturated rings. The molecule has 0 spiro atoms. The summed E-state index contributed by atoms with van der Waals surface area (Å²) in [6, 6.07) is 6.33. The van der Waals surface area contributed by atoms with E-state index in [-0.39, 0.29) is 24.0 Å². The number of rotatable bonds is 8. The van der Waals surface area contributed by atoms with E-state index in [0.717, 1.165) is 36.1 Å². The molecule has 0 unspecified atom stereocenters. The van der Waals surface area contributed by atoms with Crippen LogP contribution < -0.4 is 20.1 Å². The van der Waals surface area contributed by atoms with Crippen LogP contribution in [0.15, 0.2) is 23.2 Å². The molecule has 0 aliphatic heterocycles. The number of likely N-dealkylation sites (N-methyl/N-ethyl adjacent to an activating group) is 1. The maximum Gasteiger partial charge on any atom is 0.191 e. The van der Waals surface area contributed by atoms with Crippen molar-refractivity contribution in [2.45, 2.75) is 26.4 Å². The number of benzene rings is 1. The molecule has 24 heavy (non-hydrogen) atoms. The van der Waals surface area contributed by atoms with E-state index >= 15 is 0 Å². The number of hydrogen-bond donors (Lipinski definition) is 2. The van der Waals surface area contributed by atoms with E-state index in [9.17, 15) is 0 Å². The zero-order valence-electron chi connectivity index (χ0n) is 15.5. The molecule has 0 atom stereocenters. The smallest absolute Gasteiger partial charge is 0.191 e. The Labute approximate surface area is 163 Å². The number of hydrogen-bond acceptors (Lipinski definition) is 4. The van der Waals surface area contributed by atoms with Crippen LogP contribution in [-0.2, 0) is 6.54 Å². The normalized spacial score (nSPS) is 11.2. The van der Waals surface area contributed by atoms with Gasteiger partial charge in [0.1, 0.15) is 11.5 Å². The van der Waals surface area contributed by atoms with Gasteiger partial charge in [-0.3, -0.25) is 4.99 Å².